The number of carbonyl (C=O) groups is 1. The fourth-order valence-corrected chi connectivity index (χ4v) is 2.99. The molecule has 1 aromatic rings. The summed E-state index contributed by atoms with van der Waals surface area (Å²) in [4.78, 5) is 16.9. The molecule has 2 atom stereocenters. The third kappa shape index (κ3) is 3.89. The topological polar surface area (TPSA) is 64.0 Å². The lowest BCUT2D eigenvalue weighted by Crippen LogP contribution is -2.39. The molecule has 0 aliphatic carbocycles. The average Bonchev–Trinajstić information content (AvgIpc) is 3.00. The van der Waals surface area contributed by atoms with Crippen LogP contribution in [0.1, 0.15) is 4.88 Å². The molecule has 2 rings (SSSR count). The normalized spacial score (nSPS) is 22.9. The average molecular weight is 296 g/mol. The molecule has 0 radical (unpaired) electrons. The van der Waals surface area contributed by atoms with Crippen LogP contribution in [0.4, 0.5) is 0 Å². The van der Waals surface area contributed by atoms with Crippen molar-refractivity contribution in [3.63, 3.8) is 0 Å². The maximum atomic E-state index is 12.3. The Labute approximate surface area is 122 Å². The Morgan fingerprint density at radius 2 is 2.20 bits per heavy atom. The lowest BCUT2D eigenvalue weighted by atomic mass is 10.3. The molecule has 0 bridgehead atoms. The predicted molar refractivity (Wildman–Crippen MR) is 78.4 cm³/mol. The van der Waals surface area contributed by atoms with Gasteiger partial charge in [-0.1, -0.05) is 12.1 Å². The minimum atomic E-state index is -0.757. The van der Waals surface area contributed by atoms with Gasteiger partial charge in [0.2, 0.25) is 5.91 Å². The standard InChI is InChI=1S/C14H20N2O3S/c1-2-5-16(7-11-4-3-6-20-11)14(19)10-15-8-12(17)13(18)9-15/h2-4,6,12-13,17-18H,1,5,7-10H2. The predicted octanol–water partition coefficient (Wildman–Crippen LogP) is 0.300. The maximum absolute atomic E-state index is 12.3. The molecule has 2 unspecified atom stereocenters. The SMILES string of the molecule is C=CCN(Cc1cccs1)C(=O)CN1CC(O)C(O)C1. The van der Waals surface area contributed by atoms with Crippen molar-refractivity contribution >= 4 is 17.2 Å². The number of amides is 1. The molecule has 6 heteroatoms. The van der Waals surface area contributed by atoms with Crippen molar-refractivity contribution < 1.29 is 15.0 Å². The number of thiophene rings is 1. The highest BCUT2D eigenvalue weighted by atomic mass is 32.1. The van der Waals surface area contributed by atoms with Crippen LogP contribution >= 0.6 is 11.3 Å². The number of likely N-dealkylation sites (tertiary alicyclic amines) is 1. The quantitative estimate of drug-likeness (QED) is 0.741. The zero-order valence-electron chi connectivity index (χ0n) is 11.3. The van der Waals surface area contributed by atoms with Crippen LogP contribution in [0, 0.1) is 0 Å². The van der Waals surface area contributed by atoms with Gasteiger partial charge in [0.1, 0.15) is 0 Å². The highest BCUT2D eigenvalue weighted by Crippen LogP contribution is 2.14. The Morgan fingerprint density at radius 1 is 1.50 bits per heavy atom. The number of aliphatic hydroxyl groups excluding tert-OH is 2. The van der Waals surface area contributed by atoms with Crippen molar-refractivity contribution in [1.29, 1.82) is 0 Å². The summed E-state index contributed by atoms with van der Waals surface area (Å²) in [5.41, 5.74) is 0. The summed E-state index contributed by atoms with van der Waals surface area (Å²) in [6, 6.07) is 3.96. The van der Waals surface area contributed by atoms with Crippen LogP contribution in [0.3, 0.4) is 0 Å². The van der Waals surface area contributed by atoms with Gasteiger partial charge in [-0.2, -0.15) is 0 Å². The minimum absolute atomic E-state index is 0.0143. The minimum Gasteiger partial charge on any atom is -0.389 e. The van der Waals surface area contributed by atoms with Gasteiger partial charge in [-0.3, -0.25) is 9.69 Å². The molecule has 2 heterocycles. The van der Waals surface area contributed by atoms with Crippen molar-refractivity contribution in [2.75, 3.05) is 26.2 Å². The molecular formula is C14H20N2O3S. The van der Waals surface area contributed by atoms with Crippen LogP contribution in [0.15, 0.2) is 30.2 Å². The highest BCUT2D eigenvalue weighted by molar-refractivity contribution is 7.09. The Balaban J connectivity index is 1.91. The van der Waals surface area contributed by atoms with Gasteiger partial charge in [0.25, 0.3) is 0 Å². The summed E-state index contributed by atoms with van der Waals surface area (Å²) >= 11 is 1.62. The fraction of sp³-hybridized carbons (Fsp3) is 0.500. The monoisotopic (exact) mass is 296 g/mol. The summed E-state index contributed by atoms with van der Waals surface area (Å²) in [5.74, 6) is -0.0143. The van der Waals surface area contributed by atoms with Gasteiger partial charge >= 0.3 is 0 Å². The number of aliphatic hydroxyl groups is 2. The number of hydrogen-bond acceptors (Lipinski definition) is 5. The molecule has 1 amide bonds. The first-order valence-electron chi connectivity index (χ1n) is 6.59. The first-order valence-corrected chi connectivity index (χ1v) is 7.47. The molecule has 5 nitrogen and oxygen atoms in total. The Morgan fingerprint density at radius 3 is 2.75 bits per heavy atom. The molecule has 1 saturated heterocycles. The fourth-order valence-electron chi connectivity index (χ4n) is 2.27. The van der Waals surface area contributed by atoms with Crippen molar-refractivity contribution in [2.45, 2.75) is 18.8 Å². The lowest BCUT2D eigenvalue weighted by Gasteiger charge is -2.23. The second kappa shape index (κ2) is 6.99. The smallest absolute Gasteiger partial charge is 0.237 e. The van der Waals surface area contributed by atoms with E-state index in [1.165, 1.54) is 0 Å². The summed E-state index contributed by atoms with van der Waals surface area (Å²) < 4.78 is 0. The summed E-state index contributed by atoms with van der Waals surface area (Å²) in [6.07, 6.45) is 0.194. The van der Waals surface area contributed by atoms with E-state index in [-0.39, 0.29) is 12.5 Å². The first kappa shape index (κ1) is 15.2. The third-order valence-electron chi connectivity index (χ3n) is 3.32. The van der Waals surface area contributed by atoms with E-state index in [4.69, 9.17) is 0 Å². The number of carbonyl (C=O) groups excluding carboxylic acids is 1. The van der Waals surface area contributed by atoms with Gasteiger partial charge in [0, 0.05) is 24.5 Å². The first-order chi connectivity index (χ1) is 9.60. The van der Waals surface area contributed by atoms with Gasteiger partial charge < -0.3 is 15.1 Å². The summed E-state index contributed by atoms with van der Waals surface area (Å²) in [5, 5.41) is 21.0. The highest BCUT2D eigenvalue weighted by Gasteiger charge is 2.31. The van der Waals surface area contributed by atoms with E-state index < -0.39 is 12.2 Å². The Bertz CT molecular complexity index is 439. The molecule has 0 saturated carbocycles. The van der Waals surface area contributed by atoms with Crippen LogP contribution in [-0.4, -0.2) is 64.3 Å². The molecule has 1 aliphatic rings. The van der Waals surface area contributed by atoms with Crippen LogP contribution in [0.2, 0.25) is 0 Å². The van der Waals surface area contributed by atoms with Crippen LogP contribution in [0.5, 0.6) is 0 Å². The lowest BCUT2D eigenvalue weighted by molar-refractivity contribution is -0.132. The van der Waals surface area contributed by atoms with Crippen LogP contribution in [0.25, 0.3) is 0 Å². The molecule has 20 heavy (non-hydrogen) atoms. The zero-order chi connectivity index (χ0) is 14.5. The zero-order valence-corrected chi connectivity index (χ0v) is 12.1. The number of β-amino-alcohol motifs (C(OH)–C–C–N with tert-alkyl or cyclic N) is 2. The van der Waals surface area contributed by atoms with Gasteiger partial charge in [-0.25, -0.2) is 0 Å². The molecule has 2 N–H and O–H groups in total. The van der Waals surface area contributed by atoms with Gasteiger partial charge in [-0.05, 0) is 11.4 Å². The van der Waals surface area contributed by atoms with Gasteiger partial charge in [0.05, 0.1) is 25.3 Å². The van der Waals surface area contributed by atoms with Gasteiger partial charge in [0.15, 0.2) is 0 Å². The van der Waals surface area contributed by atoms with E-state index in [2.05, 4.69) is 6.58 Å². The van der Waals surface area contributed by atoms with Crippen LogP contribution in [-0.2, 0) is 11.3 Å². The maximum Gasteiger partial charge on any atom is 0.237 e. The van der Waals surface area contributed by atoms with Crippen LogP contribution < -0.4 is 0 Å². The van der Waals surface area contributed by atoms with E-state index in [9.17, 15) is 15.0 Å². The molecule has 0 aromatic carbocycles. The Hall–Kier alpha value is -1.21. The molecule has 1 fully saturated rings. The Kier molecular flexibility index (Phi) is 5.31. The second-order valence-electron chi connectivity index (χ2n) is 4.97. The molecule has 1 aliphatic heterocycles. The van der Waals surface area contributed by atoms with Crippen molar-refractivity contribution in [3.8, 4) is 0 Å². The summed E-state index contributed by atoms with van der Waals surface area (Å²) in [7, 11) is 0. The van der Waals surface area contributed by atoms with Crippen molar-refractivity contribution in [1.82, 2.24) is 9.80 Å². The molecule has 1 aromatic heterocycles. The van der Waals surface area contributed by atoms with E-state index in [1.54, 1.807) is 27.2 Å². The number of nitrogens with zero attached hydrogens (tertiary/aromatic N) is 2. The molecule has 0 spiro atoms. The number of rotatable bonds is 6. The van der Waals surface area contributed by atoms with E-state index >= 15 is 0 Å². The summed E-state index contributed by atoms with van der Waals surface area (Å²) in [6.45, 7) is 5.65. The van der Waals surface area contributed by atoms with Gasteiger partial charge in [-0.15, -0.1) is 17.9 Å². The van der Waals surface area contributed by atoms with Crippen molar-refractivity contribution in [3.05, 3.63) is 35.0 Å². The molecule has 110 valence electrons. The number of hydrogen-bond donors (Lipinski definition) is 2. The third-order valence-corrected chi connectivity index (χ3v) is 4.18. The largest absolute Gasteiger partial charge is 0.389 e. The van der Waals surface area contributed by atoms with E-state index in [0.29, 0.717) is 26.2 Å². The van der Waals surface area contributed by atoms with E-state index in [0.717, 1.165) is 4.88 Å². The van der Waals surface area contributed by atoms with Crippen molar-refractivity contribution in [2.24, 2.45) is 0 Å². The molecular weight excluding hydrogens is 276 g/mol. The second-order valence-corrected chi connectivity index (χ2v) is 6.00. The van der Waals surface area contributed by atoms with E-state index in [1.807, 2.05) is 17.5 Å².